The number of amides is 2. The van der Waals surface area contributed by atoms with Crippen LogP contribution in [0.1, 0.15) is 15.9 Å². The van der Waals surface area contributed by atoms with Gasteiger partial charge in [-0.1, -0.05) is 53.7 Å². The van der Waals surface area contributed by atoms with Gasteiger partial charge in [-0.25, -0.2) is 4.98 Å². The van der Waals surface area contributed by atoms with E-state index in [1.165, 1.54) is 23.1 Å². The highest BCUT2D eigenvalue weighted by Crippen LogP contribution is 2.40. The molecule has 0 spiro atoms. The van der Waals surface area contributed by atoms with Crippen molar-refractivity contribution in [2.24, 2.45) is 0 Å². The lowest BCUT2D eigenvalue weighted by Gasteiger charge is -2.27. The van der Waals surface area contributed by atoms with Crippen molar-refractivity contribution in [2.75, 3.05) is 37.4 Å². The number of thioether (sulfide) groups is 1. The van der Waals surface area contributed by atoms with Gasteiger partial charge in [-0.2, -0.15) is 0 Å². The van der Waals surface area contributed by atoms with Crippen LogP contribution in [-0.2, 0) is 9.53 Å². The lowest BCUT2D eigenvalue weighted by atomic mass is 10.1. The van der Waals surface area contributed by atoms with Gasteiger partial charge in [0.2, 0.25) is 5.91 Å². The molecule has 0 saturated carbocycles. The molecule has 166 valence electrons. The van der Waals surface area contributed by atoms with E-state index in [1.807, 2.05) is 37.3 Å². The third-order valence-electron chi connectivity index (χ3n) is 5.01. The molecule has 1 saturated heterocycles. The van der Waals surface area contributed by atoms with E-state index in [4.69, 9.17) is 16.3 Å². The summed E-state index contributed by atoms with van der Waals surface area (Å²) in [5, 5.41) is 4.63. The summed E-state index contributed by atoms with van der Waals surface area (Å²) in [7, 11) is 0. The molecule has 0 radical (unpaired) electrons. The third-order valence-corrected chi connectivity index (χ3v) is 7.69. The molecule has 2 amide bonds. The van der Waals surface area contributed by atoms with E-state index < -0.39 is 0 Å². The fourth-order valence-corrected chi connectivity index (χ4v) is 5.61. The van der Waals surface area contributed by atoms with Gasteiger partial charge < -0.3 is 15.0 Å². The Kier molecular flexibility index (Phi) is 7.47. The Morgan fingerprint density at radius 3 is 2.66 bits per heavy atom. The fraction of sp³-hybridized carbons (Fsp3) is 0.261. The number of rotatable bonds is 6. The molecule has 1 aromatic carbocycles. The van der Waals surface area contributed by atoms with Crippen molar-refractivity contribution >= 4 is 51.5 Å². The van der Waals surface area contributed by atoms with Crippen molar-refractivity contribution in [2.45, 2.75) is 11.9 Å². The first kappa shape index (κ1) is 22.8. The van der Waals surface area contributed by atoms with Crippen LogP contribution in [0, 0.1) is 6.92 Å². The molecule has 1 N–H and O–H groups in total. The molecule has 0 bridgehead atoms. The highest BCUT2D eigenvalue weighted by Gasteiger charge is 2.28. The fourth-order valence-electron chi connectivity index (χ4n) is 3.42. The number of morpholine rings is 1. The summed E-state index contributed by atoms with van der Waals surface area (Å²) in [5.74, 6) is -0.159. The summed E-state index contributed by atoms with van der Waals surface area (Å²) in [6.45, 7) is 4.05. The quantitative estimate of drug-likeness (QED) is 0.497. The predicted octanol–water partition coefficient (Wildman–Crippen LogP) is 4.98. The number of carbonyl (C=O) groups excluding carboxylic acids is 2. The Morgan fingerprint density at radius 2 is 1.94 bits per heavy atom. The lowest BCUT2D eigenvalue weighted by Crippen LogP contribution is -2.41. The Morgan fingerprint density at radius 1 is 1.19 bits per heavy atom. The van der Waals surface area contributed by atoms with Gasteiger partial charge in [0.15, 0.2) is 0 Å². The zero-order valence-corrected chi connectivity index (χ0v) is 19.9. The van der Waals surface area contributed by atoms with Crippen LogP contribution in [0.4, 0.5) is 5.00 Å². The molecule has 32 heavy (non-hydrogen) atoms. The Labute approximate surface area is 199 Å². The number of ether oxygens (including phenoxy) is 1. The molecule has 3 aromatic rings. The number of hydrogen-bond acceptors (Lipinski definition) is 6. The first-order chi connectivity index (χ1) is 15.5. The van der Waals surface area contributed by atoms with Crippen LogP contribution in [0.2, 0.25) is 5.02 Å². The average Bonchev–Trinajstić information content (AvgIpc) is 3.14. The number of halogens is 1. The van der Waals surface area contributed by atoms with E-state index in [0.717, 1.165) is 16.0 Å². The zero-order chi connectivity index (χ0) is 22.5. The minimum atomic E-state index is -0.214. The van der Waals surface area contributed by atoms with Crippen LogP contribution in [0.5, 0.6) is 0 Å². The maximum atomic E-state index is 13.4. The highest BCUT2D eigenvalue weighted by molar-refractivity contribution is 8.00. The number of aromatic nitrogens is 1. The number of benzene rings is 1. The van der Waals surface area contributed by atoms with Crippen LogP contribution in [0.25, 0.3) is 10.4 Å². The summed E-state index contributed by atoms with van der Waals surface area (Å²) in [4.78, 5) is 33.1. The van der Waals surface area contributed by atoms with Gasteiger partial charge in [-0.15, -0.1) is 11.3 Å². The van der Waals surface area contributed by atoms with Gasteiger partial charge in [0.1, 0.15) is 10.0 Å². The highest BCUT2D eigenvalue weighted by atomic mass is 35.5. The molecular weight excluding hydrogens is 466 g/mol. The average molecular weight is 488 g/mol. The number of anilines is 1. The number of carbonyl (C=O) groups is 2. The van der Waals surface area contributed by atoms with Gasteiger partial charge >= 0.3 is 0 Å². The van der Waals surface area contributed by atoms with Gasteiger partial charge in [-0.3, -0.25) is 9.59 Å². The van der Waals surface area contributed by atoms with Crippen LogP contribution in [-0.4, -0.2) is 53.8 Å². The standard InChI is InChI=1S/C23H22ClN3O3S2/c1-15-19(23(29)27-10-12-30-13-11-27)22(32-20(15)16-6-3-2-4-7-16)26-18(28)14-31-21-17(24)8-5-9-25-21/h2-9H,10-14H2,1H3,(H,26,28). The molecule has 0 atom stereocenters. The Balaban J connectivity index is 1.60. The molecule has 3 heterocycles. The van der Waals surface area contributed by atoms with Crippen molar-refractivity contribution in [3.05, 3.63) is 64.8 Å². The zero-order valence-electron chi connectivity index (χ0n) is 17.5. The van der Waals surface area contributed by atoms with E-state index in [2.05, 4.69) is 10.3 Å². The van der Waals surface area contributed by atoms with Crippen LogP contribution in [0.15, 0.2) is 53.7 Å². The molecule has 1 aliphatic rings. The topological polar surface area (TPSA) is 71.5 Å². The maximum Gasteiger partial charge on any atom is 0.257 e. The number of nitrogens with zero attached hydrogens (tertiary/aromatic N) is 2. The molecule has 1 fully saturated rings. The van der Waals surface area contributed by atoms with Crippen molar-refractivity contribution in [3.63, 3.8) is 0 Å². The largest absolute Gasteiger partial charge is 0.378 e. The normalized spacial score (nSPS) is 13.8. The third kappa shape index (κ3) is 5.15. The first-order valence-electron chi connectivity index (χ1n) is 10.1. The van der Waals surface area contributed by atoms with Crippen molar-refractivity contribution < 1.29 is 14.3 Å². The summed E-state index contributed by atoms with van der Waals surface area (Å²) >= 11 is 8.82. The SMILES string of the molecule is Cc1c(-c2ccccc2)sc(NC(=O)CSc2ncccc2Cl)c1C(=O)N1CCOCC1. The summed E-state index contributed by atoms with van der Waals surface area (Å²) < 4.78 is 5.39. The molecule has 4 rings (SSSR count). The second kappa shape index (κ2) is 10.5. The van der Waals surface area contributed by atoms with Gasteiger partial charge in [0.05, 0.1) is 29.6 Å². The molecule has 0 unspecified atom stereocenters. The number of nitrogens with one attached hydrogen (secondary N) is 1. The Hall–Kier alpha value is -2.39. The number of thiophene rings is 1. The molecular formula is C23H22ClN3O3S2. The van der Waals surface area contributed by atoms with E-state index in [9.17, 15) is 9.59 Å². The van der Waals surface area contributed by atoms with Crippen LogP contribution >= 0.6 is 34.7 Å². The molecule has 6 nitrogen and oxygen atoms in total. The molecule has 1 aliphatic heterocycles. The van der Waals surface area contributed by atoms with Crippen molar-refractivity contribution in [1.29, 1.82) is 0 Å². The molecule has 0 aliphatic carbocycles. The number of hydrogen-bond donors (Lipinski definition) is 1. The first-order valence-corrected chi connectivity index (χ1v) is 12.3. The summed E-state index contributed by atoms with van der Waals surface area (Å²) in [5.41, 5.74) is 2.43. The van der Waals surface area contributed by atoms with Gasteiger partial charge in [0, 0.05) is 24.2 Å². The predicted molar refractivity (Wildman–Crippen MR) is 130 cm³/mol. The van der Waals surface area contributed by atoms with Crippen LogP contribution in [0.3, 0.4) is 0 Å². The van der Waals surface area contributed by atoms with E-state index in [1.54, 1.807) is 23.2 Å². The monoisotopic (exact) mass is 487 g/mol. The second-order valence-electron chi connectivity index (χ2n) is 7.16. The lowest BCUT2D eigenvalue weighted by molar-refractivity contribution is -0.113. The summed E-state index contributed by atoms with van der Waals surface area (Å²) in [6, 6.07) is 13.4. The van der Waals surface area contributed by atoms with Gasteiger partial charge in [-0.05, 0) is 30.2 Å². The van der Waals surface area contributed by atoms with Crippen LogP contribution < -0.4 is 5.32 Å². The van der Waals surface area contributed by atoms with E-state index in [-0.39, 0.29) is 17.6 Å². The van der Waals surface area contributed by atoms with Gasteiger partial charge in [0.25, 0.3) is 5.91 Å². The Bertz CT molecular complexity index is 1110. The second-order valence-corrected chi connectivity index (χ2v) is 9.55. The van der Waals surface area contributed by atoms with Crippen molar-refractivity contribution in [1.82, 2.24) is 9.88 Å². The van der Waals surface area contributed by atoms with E-state index >= 15 is 0 Å². The number of pyridine rings is 1. The molecule has 9 heteroatoms. The molecule has 2 aromatic heterocycles. The minimum Gasteiger partial charge on any atom is -0.378 e. The van der Waals surface area contributed by atoms with E-state index in [0.29, 0.717) is 46.9 Å². The smallest absolute Gasteiger partial charge is 0.257 e. The minimum absolute atomic E-state index is 0.0834. The summed E-state index contributed by atoms with van der Waals surface area (Å²) in [6.07, 6.45) is 1.64. The van der Waals surface area contributed by atoms with Crippen molar-refractivity contribution in [3.8, 4) is 10.4 Å². The maximum absolute atomic E-state index is 13.4.